The molecule has 2 atom stereocenters. The van der Waals surface area contributed by atoms with Crippen molar-refractivity contribution in [3.63, 3.8) is 0 Å². The van der Waals surface area contributed by atoms with Gasteiger partial charge in [0.05, 0.1) is 5.92 Å². The van der Waals surface area contributed by atoms with Crippen LogP contribution in [-0.2, 0) is 4.79 Å². The summed E-state index contributed by atoms with van der Waals surface area (Å²) in [6.45, 7) is 3.93. The van der Waals surface area contributed by atoms with Crippen molar-refractivity contribution in [2.75, 3.05) is 7.05 Å². The van der Waals surface area contributed by atoms with E-state index in [0.717, 1.165) is 0 Å². The van der Waals surface area contributed by atoms with Crippen molar-refractivity contribution in [1.82, 2.24) is 4.90 Å². The summed E-state index contributed by atoms with van der Waals surface area (Å²) in [5, 5.41) is 0. The molecule has 0 fully saturated rings. The monoisotopic (exact) mass is 139 g/mol. The fourth-order valence-electron chi connectivity index (χ4n) is 1.06. The van der Waals surface area contributed by atoms with Gasteiger partial charge >= 0.3 is 0 Å². The maximum atomic E-state index is 11.2. The highest BCUT2D eigenvalue weighted by Gasteiger charge is 2.22. The van der Waals surface area contributed by atoms with E-state index in [0.29, 0.717) is 0 Å². The van der Waals surface area contributed by atoms with Crippen LogP contribution in [0.5, 0.6) is 0 Å². The summed E-state index contributed by atoms with van der Waals surface area (Å²) in [6.07, 6.45) is 4.03. The quantitative estimate of drug-likeness (QED) is 0.459. The summed E-state index contributed by atoms with van der Waals surface area (Å²) in [6, 6.07) is 0.267. The van der Waals surface area contributed by atoms with E-state index in [2.05, 4.69) is 6.08 Å². The zero-order valence-corrected chi connectivity index (χ0v) is 6.66. The number of rotatable bonds is 0. The maximum absolute atomic E-state index is 11.2. The zero-order valence-electron chi connectivity index (χ0n) is 6.66. The van der Waals surface area contributed by atoms with Crippen LogP contribution in [0.15, 0.2) is 12.2 Å². The summed E-state index contributed by atoms with van der Waals surface area (Å²) in [7, 11) is 1.84. The number of hydrogen-bond donors (Lipinski definition) is 0. The standard InChI is InChI=1S/C8H13NO/c1-6-4-5-7(2)9(3)8(6)10/h4-7H,1-3H3. The lowest BCUT2D eigenvalue weighted by Crippen LogP contribution is -2.39. The average Bonchev–Trinajstić information content (AvgIpc) is 1.93. The predicted octanol–water partition coefficient (Wildman–Crippen LogP) is 1.04. The molecule has 0 bridgehead atoms. The Morgan fingerprint density at radius 3 is 2.50 bits per heavy atom. The van der Waals surface area contributed by atoms with Gasteiger partial charge in [-0.2, -0.15) is 0 Å². The summed E-state index contributed by atoms with van der Waals surface area (Å²) >= 11 is 0. The molecule has 1 aliphatic rings. The Morgan fingerprint density at radius 2 is 2.00 bits per heavy atom. The Labute approximate surface area is 61.5 Å². The zero-order chi connectivity index (χ0) is 7.72. The number of carbonyl (C=O) groups excluding carboxylic acids is 1. The van der Waals surface area contributed by atoms with Gasteiger partial charge in [0, 0.05) is 13.1 Å². The van der Waals surface area contributed by atoms with Crippen LogP contribution in [0.3, 0.4) is 0 Å². The highest BCUT2D eigenvalue weighted by atomic mass is 16.2. The first-order valence-corrected chi connectivity index (χ1v) is 3.58. The van der Waals surface area contributed by atoms with Crippen LogP contribution in [0, 0.1) is 5.92 Å². The second kappa shape index (κ2) is 2.45. The third kappa shape index (κ3) is 1.06. The molecule has 2 unspecified atom stereocenters. The summed E-state index contributed by atoms with van der Waals surface area (Å²) in [4.78, 5) is 13.0. The van der Waals surface area contributed by atoms with Crippen LogP contribution >= 0.6 is 0 Å². The molecular weight excluding hydrogens is 126 g/mol. The van der Waals surface area contributed by atoms with E-state index in [1.807, 2.05) is 27.0 Å². The minimum absolute atomic E-state index is 0.0706. The first-order valence-electron chi connectivity index (χ1n) is 3.58. The van der Waals surface area contributed by atoms with Crippen LogP contribution in [-0.4, -0.2) is 23.9 Å². The Morgan fingerprint density at radius 1 is 1.40 bits per heavy atom. The van der Waals surface area contributed by atoms with Gasteiger partial charge in [-0.3, -0.25) is 4.79 Å². The molecule has 0 aromatic rings. The van der Waals surface area contributed by atoms with Crippen molar-refractivity contribution >= 4 is 5.91 Å². The molecule has 0 saturated carbocycles. The fourth-order valence-corrected chi connectivity index (χ4v) is 1.06. The molecule has 1 rings (SSSR count). The van der Waals surface area contributed by atoms with Crippen LogP contribution in [0.4, 0.5) is 0 Å². The Balaban J connectivity index is 2.79. The molecule has 0 saturated heterocycles. The molecule has 2 heteroatoms. The Hall–Kier alpha value is -0.790. The first kappa shape index (κ1) is 7.32. The molecule has 0 aliphatic carbocycles. The van der Waals surface area contributed by atoms with Gasteiger partial charge in [0.15, 0.2) is 0 Å². The van der Waals surface area contributed by atoms with E-state index in [1.165, 1.54) is 0 Å². The number of carbonyl (C=O) groups is 1. The molecule has 10 heavy (non-hydrogen) atoms. The molecule has 0 aromatic carbocycles. The van der Waals surface area contributed by atoms with E-state index >= 15 is 0 Å². The normalized spacial score (nSPS) is 33.1. The van der Waals surface area contributed by atoms with E-state index in [9.17, 15) is 4.79 Å². The number of hydrogen-bond acceptors (Lipinski definition) is 1. The maximum Gasteiger partial charge on any atom is 0.229 e. The van der Waals surface area contributed by atoms with Crippen molar-refractivity contribution in [2.24, 2.45) is 5.92 Å². The summed E-state index contributed by atoms with van der Waals surface area (Å²) < 4.78 is 0. The lowest BCUT2D eigenvalue weighted by atomic mass is 10.0. The van der Waals surface area contributed by atoms with Crippen LogP contribution in [0.1, 0.15) is 13.8 Å². The van der Waals surface area contributed by atoms with Crippen LogP contribution in [0.25, 0.3) is 0 Å². The molecule has 0 spiro atoms. The Bertz CT molecular complexity index is 174. The Kier molecular flexibility index (Phi) is 1.79. The van der Waals surface area contributed by atoms with Gasteiger partial charge in [-0.05, 0) is 6.92 Å². The fraction of sp³-hybridized carbons (Fsp3) is 0.625. The molecule has 0 radical (unpaired) electrons. The van der Waals surface area contributed by atoms with E-state index in [4.69, 9.17) is 0 Å². The van der Waals surface area contributed by atoms with Gasteiger partial charge in [0.25, 0.3) is 0 Å². The van der Waals surface area contributed by atoms with Gasteiger partial charge in [-0.1, -0.05) is 19.1 Å². The molecule has 56 valence electrons. The lowest BCUT2D eigenvalue weighted by molar-refractivity contribution is -0.133. The molecule has 0 N–H and O–H groups in total. The minimum atomic E-state index is 0.0706. The van der Waals surface area contributed by atoms with E-state index < -0.39 is 0 Å². The summed E-state index contributed by atoms with van der Waals surface area (Å²) in [5.41, 5.74) is 0. The highest BCUT2D eigenvalue weighted by Crippen LogP contribution is 2.13. The van der Waals surface area contributed by atoms with Gasteiger partial charge in [0.2, 0.25) is 5.91 Å². The van der Waals surface area contributed by atoms with Gasteiger partial charge < -0.3 is 4.90 Å². The number of likely N-dealkylation sites (N-methyl/N-ethyl adjacent to an activating group) is 1. The molecular formula is C8H13NO. The molecule has 2 nitrogen and oxygen atoms in total. The molecule has 1 heterocycles. The van der Waals surface area contributed by atoms with E-state index in [1.54, 1.807) is 4.90 Å². The predicted molar refractivity (Wildman–Crippen MR) is 40.5 cm³/mol. The third-order valence-corrected chi connectivity index (χ3v) is 2.03. The molecule has 0 aromatic heterocycles. The number of nitrogens with zero attached hydrogens (tertiary/aromatic N) is 1. The topological polar surface area (TPSA) is 20.3 Å². The van der Waals surface area contributed by atoms with Gasteiger partial charge in [-0.25, -0.2) is 0 Å². The van der Waals surface area contributed by atoms with Crippen molar-refractivity contribution in [2.45, 2.75) is 19.9 Å². The first-order chi connectivity index (χ1) is 4.63. The SMILES string of the molecule is CC1C=CC(C)N(C)C1=O. The average molecular weight is 139 g/mol. The van der Waals surface area contributed by atoms with Crippen molar-refractivity contribution in [3.05, 3.63) is 12.2 Å². The van der Waals surface area contributed by atoms with Crippen LogP contribution < -0.4 is 0 Å². The third-order valence-electron chi connectivity index (χ3n) is 2.03. The largest absolute Gasteiger partial charge is 0.339 e. The second-order valence-corrected chi connectivity index (χ2v) is 2.86. The molecule has 1 aliphatic heterocycles. The summed E-state index contributed by atoms with van der Waals surface area (Å²) in [5.74, 6) is 0.288. The van der Waals surface area contributed by atoms with Crippen molar-refractivity contribution in [3.8, 4) is 0 Å². The number of amides is 1. The van der Waals surface area contributed by atoms with Gasteiger partial charge in [-0.15, -0.1) is 0 Å². The van der Waals surface area contributed by atoms with Gasteiger partial charge in [0.1, 0.15) is 0 Å². The van der Waals surface area contributed by atoms with Crippen molar-refractivity contribution in [1.29, 1.82) is 0 Å². The highest BCUT2D eigenvalue weighted by molar-refractivity contribution is 5.81. The van der Waals surface area contributed by atoms with Crippen LogP contribution in [0.2, 0.25) is 0 Å². The minimum Gasteiger partial charge on any atom is -0.339 e. The lowest BCUT2D eigenvalue weighted by Gasteiger charge is -2.28. The smallest absolute Gasteiger partial charge is 0.229 e. The van der Waals surface area contributed by atoms with E-state index in [-0.39, 0.29) is 17.9 Å². The molecule has 1 amide bonds. The van der Waals surface area contributed by atoms with Crippen molar-refractivity contribution < 1.29 is 4.79 Å². The second-order valence-electron chi connectivity index (χ2n) is 2.86.